The number of nitrogens with one attached hydrogen (secondary N) is 1. The lowest BCUT2D eigenvalue weighted by Crippen LogP contribution is -2.21. The van der Waals surface area contributed by atoms with E-state index < -0.39 is 0 Å². The fourth-order valence-corrected chi connectivity index (χ4v) is 2.51. The minimum atomic E-state index is 0.729. The number of hydrogen-bond acceptors (Lipinski definition) is 3. The summed E-state index contributed by atoms with van der Waals surface area (Å²) in [7, 11) is 0. The topological polar surface area (TPSA) is 39.1 Å². The Morgan fingerprint density at radius 3 is 2.84 bits per heavy atom. The van der Waals surface area contributed by atoms with Crippen LogP contribution >= 0.6 is 15.9 Å². The first-order chi connectivity index (χ1) is 9.24. The van der Waals surface area contributed by atoms with E-state index in [1.165, 1.54) is 5.69 Å². The minimum Gasteiger partial charge on any atom is -0.380 e. The maximum absolute atomic E-state index is 5.46. The van der Waals surface area contributed by atoms with Crippen LogP contribution < -0.4 is 5.32 Å². The Labute approximate surface area is 124 Å². The van der Waals surface area contributed by atoms with Crippen LogP contribution in [0.2, 0.25) is 0 Å². The fraction of sp³-hybridized carbons (Fsp3) is 0.643. The molecule has 0 aliphatic carbocycles. The van der Waals surface area contributed by atoms with Crippen LogP contribution in [0.3, 0.4) is 0 Å². The van der Waals surface area contributed by atoms with Gasteiger partial charge in [0, 0.05) is 19.6 Å². The predicted molar refractivity (Wildman–Crippen MR) is 82.3 cm³/mol. The summed E-state index contributed by atoms with van der Waals surface area (Å²) in [6.45, 7) is 11.9. The average Bonchev–Trinajstić information content (AvgIpc) is 2.74. The highest BCUT2D eigenvalue weighted by molar-refractivity contribution is 9.10. The SMILES string of the molecule is C=CCCOCCNCc1c(Br)c(CC)nn1CC. The van der Waals surface area contributed by atoms with Gasteiger partial charge in [0.15, 0.2) is 0 Å². The van der Waals surface area contributed by atoms with Gasteiger partial charge in [-0.05, 0) is 35.7 Å². The maximum Gasteiger partial charge on any atom is 0.0767 e. The van der Waals surface area contributed by atoms with Crippen molar-refractivity contribution in [1.29, 1.82) is 0 Å². The largest absolute Gasteiger partial charge is 0.380 e. The number of aryl methyl sites for hydroxylation is 2. The lowest BCUT2D eigenvalue weighted by molar-refractivity contribution is 0.140. The van der Waals surface area contributed by atoms with E-state index in [1.807, 2.05) is 6.08 Å². The van der Waals surface area contributed by atoms with Crippen molar-refractivity contribution >= 4 is 15.9 Å². The highest BCUT2D eigenvalue weighted by Crippen LogP contribution is 2.22. The van der Waals surface area contributed by atoms with Crippen LogP contribution in [0.15, 0.2) is 17.1 Å². The summed E-state index contributed by atoms with van der Waals surface area (Å²) in [4.78, 5) is 0. The van der Waals surface area contributed by atoms with E-state index in [2.05, 4.69) is 51.5 Å². The van der Waals surface area contributed by atoms with E-state index in [1.54, 1.807) is 0 Å². The molecule has 0 bridgehead atoms. The molecule has 0 aliphatic heterocycles. The molecule has 108 valence electrons. The quantitative estimate of drug-likeness (QED) is 0.530. The van der Waals surface area contributed by atoms with Crippen LogP contribution in [0.1, 0.15) is 31.7 Å². The van der Waals surface area contributed by atoms with Gasteiger partial charge in [0.05, 0.1) is 29.1 Å². The van der Waals surface area contributed by atoms with E-state index in [0.717, 1.165) is 55.9 Å². The highest BCUT2D eigenvalue weighted by Gasteiger charge is 2.12. The molecule has 1 aromatic rings. The Hall–Kier alpha value is -0.650. The zero-order valence-corrected chi connectivity index (χ0v) is 13.5. The molecular weight excluding hydrogens is 306 g/mol. The Morgan fingerprint density at radius 1 is 1.42 bits per heavy atom. The van der Waals surface area contributed by atoms with Crippen molar-refractivity contribution in [2.24, 2.45) is 0 Å². The summed E-state index contributed by atoms with van der Waals surface area (Å²) >= 11 is 3.64. The molecule has 5 heteroatoms. The number of hydrogen-bond donors (Lipinski definition) is 1. The first kappa shape index (κ1) is 16.4. The maximum atomic E-state index is 5.46. The van der Waals surface area contributed by atoms with Crippen LogP contribution in [-0.4, -0.2) is 29.5 Å². The first-order valence-corrected chi connectivity index (χ1v) is 7.67. The monoisotopic (exact) mass is 329 g/mol. The zero-order chi connectivity index (χ0) is 14.1. The van der Waals surface area contributed by atoms with Crippen molar-refractivity contribution in [2.45, 2.75) is 39.8 Å². The smallest absolute Gasteiger partial charge is 0.0767 e. The van der Waals surface area contributed by atoms with E-state index in [-0.39, 0.29) is 0 Å². The van der Waals surface area contributed by atoms with Gasteiger partial charge >= 0.3 is 0 Å². The Morgan fingerprint density at radius 2 is 2.21 bits per heavy atom. The van der Waals surface area contributed by atoms with Crippen molar-refractivity contribution in [1.82, 2.24) is 15.1 Å². The summed E-state index contributed by atoms with van der Waals surface area (Å²) in [5, 5.41) is 7.96. The zero-order valence-electron chi connectivity index (χ0n) is 11.9. The average molecular weight is 330 g/mol. The molecule has 0 amide bonds. The molecule has 0 aromatic carbocycles. The van der Waals surface area contributed by atoms with Crippen molar-refractivity contribution in [2.75, 3.05) is 19.8 Å². The van der Waals surface area contributed by atoms with Crippen molar-refractivity contribution in [3.8, 4) is 0 Å². The minimum absolute atomic E-state index is 0.729. The molecule has 19 heavy (non-hydrogen) atoms. The van der Waals surface area contributed by atoms with Gasteiger partial charge in [-0.2, -0.15) is 5.10 Å². The van der Waals surface area contributed by atoms with Crippen LogP contribution in [0.4, 0.5) is 0 Å². The molecule has 1 N–H and O–H groups in total. The lowest BCUT2D eigenvalue weighted by Gasteiger charge is -2.08. The van der Waals surface area contributed by atoms with Gasteiger partial charge in [-0.3, -0.25) is 4.68 Å². The Bertz CT molecular complexity index is 390. The van der Waals surface area contributed by atoms with Crippen molar-refractivity contribution in [3.05, 3.63) is 28.5 Å². The number of halogens is 1. The molecule has 0 radical (unpaired) electrons. The third kappa shape index (κ3) is 5.09. The van der Waals surface area contributed by atoms with E-state index in [9.17, 15) is 0 Å². The van der Waals surface area contributed by atoms with Gasteiger partial charge in [-0.25, -0.2) is 0 Å². The standard InChI is InChI=1S/C14H24BrN3O/c1-4-7-9-19-10-8-16-11-13-14(15)12(5-2)17-18(13)6-3/h4,16H,1,5-11H2,2-3H3. The molecule has 4 nitrogen and oxygen atoms in total. The molecule has 1 rings (SSSR count). The fourth-order valence-electron chi connectivity index (χ4n) is 1.81. The Kier molecular flexibility index (Phi) is 8.02. The second-order valence-corrected chi connectivity index (χ2v) is 5.04. The second kappa shape index (κ2) is 9.28. The van der Waals surface area contributed by atoms with Gasteiger partial charge in [0.25, 0.3) is 0 Å². The third-order valence-electron chi connectivity index (χ3n) is 2.88. The normalized spacial score (nSPS) is 10.9. The lowest BCUT2D eigenvalue weighted by atomic mass is 10.3. The number of rotatable bonds is 10. The molecule has 0 unspecified atom stereocenters. The first-order valence-electron chi connectivity index (χ1n) is 6.87. The summed E-state index contributed by atoms with van der Waals surface area (Å²) < 4.78 is 8.64. The molecule has 0 saturated heterocycles. The molecule has 1 heterocycles. The van der Waals surface area contributed by atoms with Crippen LogP contribution in [0.25, 0.3) is 0 Å². The number of nitrogens with zero attached hydrogens (tertiary/aromatic N) is 2. The van der Waals surface area contributed by atoms with E-state index in [0.29, 0.717) is 0 Å². The molecule has 1 aromatic heterocycles. The van der Waals surface area contributed by atoms with E-state index in [4.69, 9.17) is 4.74 Å². The molecule has 0 aliphatic rings. The van der Waals surface area contributed by atoms with Crippen LogP contribution in [0, 0.1) is 0 Å². The van der Waals surface area contributed by atoms with E-state index >= 15 is 0 Å². The predicted octanol–water partition coefficient (Wildman–Crippen LogP) is 2.91. The van der Waals surface area contributed by atoms with Crippen molar-refractivity contribution in [3.63, 3.8) is 0 Å². The molecule has 0 spiro atoms. The molecular formula is C14H24BrN3O. The highest BCUT2D eigenvalue weighted by atomic mass is 79.9. The van der Waals surface area contributed by atoms with Crippen LogP contribution in [-0.2, 0) is 24.2 Å². The summed E-state index contributed by atoms with van der Waals surface area (Å²) in [6, 6.07) is 0. The summed E-state index contributed by atoms with van der Waals surface area (Å²) in [5.74, 6) is 0. The van der Waals surface area contributed by atoms with Gasteiger partial charge in [0.1, 0.15) is 0 Å². The molecule has 0 atom stereocenters. The molecule has 0 fully saturated rings. The number of aromatic nitrogens is 2. The second-order valence-electron chi connectivity index (χ2n) is 4.24. The summed E-state index contributed by atoms with van der Waals surface area (Å²) in [6.07, 6.45) is 3.73. The van der Waals surface area contributed by atoms with Gasteiger partial charge in [-0.15, -0.1) is 6.58 Å². The number of ether oxygens (including phenoxy) is 1. The Balaban J connectivity index is 2.36. The van der Waals surface area contributed by atoms with Crippen LogP contribution in [0.5, 0.6) is 0 Å². The molecule has 0 saturated carbocycles. The van der Waals surface area contributed by atoms with Gasteiger partial charge in [0.2, 0.25) is 0 Å². The van der Waals surface area contributed by atoms with Gasteiger partial charge < -0.3 is 10.1 Å². The summed E-state index contributed by atoms with van der Waals surface area (Å²) in [5.41, 5.74) is 2.34. The third-order valence-corrected chi connectivity index (χ3v) is 3.79. The van der Waals surface area contributed by atoms with Gasteiger partial charge in [-0.1, -0.05) is 13.0 Å². The van der Waals surface area contributed by atoms with Crippen molar-refractivity contribution < 1.29 is 4.74 Å².